The monoisotopic (exact) mass is 290 g/mol. The molecular formula is C16H26N4O. The molecule has 5 heteroatoms. The van der Waals surface area contributed by atoms with Crippen LogP contribution in [0, 0.1) is 12.8 Å². The average Bonchev–Trinajstić information content (AvgIpc) is 2.48. The van der Waals surface area contributed by atoms with Crippen molar-refractivity contribution >= 4 is 11.6 Å². The normalized spacial score (nSPS) is 16.8. The first kappa shape index (κ1) is 15.8. The maximum Gasteiger partial charge on any atom is 0.257 e. The minimum Gasteiger partial charge on any atom is -0.387 e. The lowest BCUT2D eigenvalue weighted by Crippen LogP contribution is -2.38. The van der Waals surface area contributed by atoms with Crippen molar-refractivity contribution in [3.05, 3.63) is 23.5 Å². The summed E-state index contributed by atoms with van der Waals surface area (Å²) in [5.74, 6) is 0.650. The number of carbonyl (C=O) groups excluding carboxylic acids is 1. The number of aryl methyl sites for hydroxylation is 1. The molecule has 0 aromatic carbocycles. The van der Waals surface area contributed by atoms with Crippen LogP contribution in [-0.4, -0.2) is 61.5 Å². The van der Waals surface area contributed by atoms with Crippen LogP contribution < -0.4 is 5.32 Å². The zero-order valence-corrected chi connectivity index (χ0v) is 13.5. The quantitative estimate of drug-likeness (QED) is 0.919. The summed E-state index contributed by atoms with van der Waals surface area (Å²) < 4.78 is 0. The van der Waals surface area contributed by atoms with Gasteiger partial charge in [0, 0.05) is 32.5 Å². The van der Waals surface area contributed by atoms with Crippen LogP contribution in [0.25, 0.3) is 0 Å². The van der Waals surface area contributed by atoms with Gasteiger partial charge in [-0.25, -0.2) is 0 Å². The molecule has 1 aliphatic heterocycles. The molecule has 2 rings (SSSR count). The fourth-order valence-electron chi connectivity index (χ4n) is 2.86. The SMILES string of the molecule is CNc1cc(C)ncc1C(=O)N(C)CC1CCN(C)CC1. The largest absolute Gasteiger partial charge is 0.387 e. The molecule has 0 unspecified atom stereocenters. The van der Waals surface area contributed by atoms with Gasteiger partial charge in [0.25, 0.3) is 5.91 Å². The molecule has 1 fully saturated rings. The Morgan fingerprint density at radius 2 is 2.14 bits per heavy atom. The topological polar surface area (TPSA) is 48.5 Å². The van der Waals surface area contributed by atoms with Crippen LogP contribution in [0.3, 0.4) is 0 Å². The predicted octanol–water partition coefficient (Wildman–Crippen LogP) is 1.85. The lowest BCUT2D eigenvalue weighted by atomic mass is 9.96. The molecule has 1 aromatic heterocycles. The third-order valence-electron chi connectivity index (χ3n) is 4.26. The summed E-state index contributed by atoms with van der Waals surface area (Å²) in [6, 6.07) is 1.91. The Kier molecular flexibility index (Phi) is 5.17. The van der Waals surface area contributed by atoms with Gasteiger partial charge in [0.15, 0.2) is 0 Å². The van der Waals surface area contributed by atoms with Crippen LogP contribution in [0.2, 0.25) is 0 Å². The molecule has 0 aliphatic carbocycles. The summed E-state index contributed by atoms with van der Waals surface area (Å²) in [6.45, 7) is 5.00. The molecule has 0 atom stereocenters. The molecule has 0 radical (unpaired) electrons. The summed E-state index contributed by atoms with van der Waals surface area (Å²) in [5.41, 5.74) is 2.41. The predicted molar refractivity (Wildman–Crippen MR) is 85.7 cm³/mol. The second-order valence-corrected chi connectivity index (χ2v) is 6.05. The van der Waals surface area contributed by atoms with Crippen LogP contribution in [0.5, 0.6) is 0 Å². The molecule has 1 aliphatic rings. The van der Waals surface area contributed by atoms with Gasteiger partial charge in [-0.3, -0.25) is 9.78 Å². The summed E-state index contributed by atoms with van der Waals surface area (Å²) in [6.07, 6.45) is 4.01. The number of pyridine rings is 1. The van der Waals surface area contributed by atoms with E-state index in [1.54, 1.807) is 6.20 Å². The number of anilines is 1. The van der Waals surface area contributed by atoms with Crippen molar-refractivity contribution in [1.82, 2.24) is 14.8 Å². The van der Waals surface area contributed by atoms with Crippen LogP contribution in [0.1, 0.15) is 28.9 Å². The molecule has 21 heavy (non-hydrogen) atoms. The summed E-state index contributed by atoms with van der Waals surface area (Å²) >= 11 is 0. The van der Waals surface area contributed by atoms with Crippen LogP contribution in [0.4, 0.5) is 5.69 Å². The zero-order chi connectivity index (χ0) is 15.4. The van der Waals surface area contributed by atoms with E-state index in [0.717, 1.165) is 31.0 Å². The van der Waals surface area contributed by atoms with E-state index < -0.39 is 0 Å². The molecule has 116 valence electrons. The Labute approximate surface area is 127 Å². The first-order valence-electron chi connectivity index (χ1n) is 7.59. The minimum absolute atomic E-state index is 0.0470. The maximum absolute atomic E-state index is 12.6. The fraction of sp³-hybridized carbons (Fsp3) is 0.625. The van der Waals surface area contributed by atoms with Crippen molar-refractivity contribution in [1.29, 1.82) is 0 Å². The average molecular weight is 290 g/mol. The van der Waals surface area contributed by atoms with Crippen LogP contribution in [0.15, 0.2) is 12.3 Å². The summed E-state index contributed by atoms with van der Waals surface area (Å²) in [5, 5.41) is 3.09. The van der Waals surface area contributed by atoms with E-state index in [-0.39, 0.29) is 5.91 Å². The Morgan fingerprint density at radius 3 is 2.76 bits per heavy atom. The first-order chi connectivity index (χ1) is 10.0. The third-order valence-corrected chi connectivity index (χ3v) is 4.26. The van der Waals surface area contributed by atoms with E-state index in [0.29, 0.717) is 11.5 Å². The molecule has 1 saturated heterocycles. The Bertz CT molecular complexity index is 495. The van der Waals surface area contributed by atoms with E-state index in [4.69, 9.17) is 0 Å². The molecule has 0 saturated carbocycles. The number of amides is 1. The first-order valence-corrected chi connectivity index (χ1v) is 7.59. The Balaban J connectivity index is 2.02. The van der Waals surface area contributed by atoms with Crippen LogP contribution in [-0.2, 0) is 0 Å². The van der Waals surface area contributed by atoms with E-state index in [9.17, 15) is 4.79 Å². The van der Waals surface area contributed by atoms with Gasteiger partial charge in [0.05, 0.1) is 11.3 Å². The van der Waals surface area contributed by atoms with Crippen molar-refractivity contribution in [3.8, 4) is 0 Å². The number of piperidine rings is 1. The Hall–Kier alpha value is -1.62. The molecular weight excluding hydrogens is 264 g/mol. The Morgan fingerprint density at radius 1 is 1.48 bits per heavy atom. The second-order valence-electron chi connectivity index (χ2n) is 6.05. The third kappa shape index (κ3) is 3.94. The fourth-order valence-corrected chi connectivity index (χ4v) is 2.86. The smallest absolute Gasteiger partial charge is 0.257 e. The van der Waals surface area contributed by atoms with Gasteiger partial charge in [-0.2, -0.15) is 0 Å². The van der Waals surface area contributed by atoms with Crippen molar-refractivity contribution in [2.45, 2.75) is 19.8 Å². The van der Waals surface area contributed by atoms with Gasteiger partial charge in [-0.1, -0.05) is 0 Å². The summed E-state index contributed by atoms with van der Waals surface area (Å²) in [4.78, 5) is 21.0. The number of hydrogen-bond donors (Lipinski definition) is 1. The highest BCUT2D eigenvalue weighted by atomic mass is 16.2. The zero-order valence-electron chi connectivity index (χ0n) is 13.5. The number of nitrogens with one attached hydrogen (secondary N) is 1. The lowest BCUT2D eigenvalue weighted by molar-refractivity contribution is 0.0747. The molecule has 1 amide bonds. The van der Waals surface area contributed by atoms with E-state index in [1.165, 1.54) is 12.8 Å². The molecule has 1 N–H and O–H groups in total. The van der Waals surface area contributed by atoms with Gasteiger partial charge >= 0.3 is 0 Å². The lowest BCUT2D eigenvalue weighted by Gasteiger charge is -2.31. The van der Waals surface area contributed by atoms with Gasteiger partial charge < -0.3 is 15.1 Å². The number of likely N-dealkylation sites (tertiary alicyclic amines) is 1. The molecule has 5 nitrogen and oxygen atoms in total. The number of hydrogen-bond acceptors (Lipinski definition) is 4. The highest BCUT2D eigenvalue weighted by Crippen LogP contribution is 2.20. The molecule has 0 spiro atoms. The van der Waals surface area contributed by atoms with E-state index >= 15 is 0 Å². The van der Waals surface area contributed by atoms with Crippen molar-refractivity contribution in [2.75, 3.05) is 46.1 Å². The van der Waals surface area contributed by atoms with Crippen molar-refractivity contribution in [2.24, 2.45) is 5.92 Å². The van der Waals surface area contributed by atoms with Gasteiger partial charge in [-0.15, -0.1) is 0 Å². The highest BCUT2D eigenvalue weighted by Gasteiger charge is 2.22. The summed E-state index contributed by atoms with van der Waals surface area (Å²) in [7, 11) is 5.88. The molecule has 2 heterocycles. The second kappa shape index (κ2) is 6.89. The highest BCUT2D eigenvalue weighted by molar-refractivity contribution is 5.99. The van der Waals surface area contributed by atoms with Gasteiger partial charge in [0.2, 0.25) is 0 Å². The van der Waals surface area contributed by atoms with Crippen molar-refractivity contribution in [3.63, 3.8) is 0 Å². The number of carbonyl (C=O) groups is 1. The van der Waals surface area contributed by atoms with Crippen LogP contribution >= 0.6 is 0 Å². The standard InChI is InChI=1S/C16H26N4O/c1-12-9-15(17-2)14(10-18-12)16(21)20(4)11-13-5-7-19(3)8-6-13/h9-10,13H,5-8,11H2,1-4H3,(H,17,18). The van der Waals surface area contributed by atoms with Gasteiger partial charge in [0.1, 0.15) is 0 Å². The van der Waals surface area contributed by atoms with E-state index in [1.807, 2.05) is 32.0 Å². The number of aromatic nitrogens is 1. The van der Waals surface area contributed by atoms with E-state index in [2.05, 4.69) is 22.2 Å². The number of nitrogens with zero attached hydrogens (tertiary/aromatic N) is 3. The molecule has 1 aromatic rings. The molecule has 0 bridgehead atoms. The minimum atomic E-state index is 0.0470. The maximum atomic E-state index is 12.6. The number of rotatable bonds is 4. The van der Waals surface area contributed by atoms with Crippen molar-refractivity contribution < 1.29 is 4.79 Å². The van der Waals surface area contributed by atoms with Gasteiger partial charge in [-0.05, 0) is 51.9 Å².